The van der Waals surface area contributed by atoms with Crippen LogP contribution in [0.1, 0.15) is 194 Å². The Morgan fingerprint density at radius 1 is 0.397 bits per heavy atom. The van der Waals surface area contributed by atoms with Crippen molar-refractivity contribution in [1.82, 2.24) is 103 Å². The van der Waals surface area contributed by atoms with Crippen LogP contribution in [0, 0.1) is 40.4 Å². The van der Waals surface area contributed by atoms with Crippen LogP contribution in [0.4, 0.5) is 8.78 Å². The molecule has 16 heterocycles. The van der Waals surface area contributed by atoms with Gasteiger partial charge < -0.3 is 77.3 Å². The highest BCUT2D eigenvalue weighted by atomic mass is 19.1. The quantitative estimate of drug-likeness (QED) is 0.0354. The van der Waals surface area contributed by atoms with Gasteiger partial charge in [0.15, 0.2) is 29.5 Å². The van der Waals surface area contributed by atoms with E-state index in [4.69, 9.17) is 56.0 Å². The number of carbonyl (C=O) groups is 3. The lowest BCUT2D eigenvalue weighted by atomic mass is 10.1. The monoisotopic (exact) mass is 1720 g/mol. The lowest BCUT2D eigenvalue weighted by molar-refractivity contribution is 0.0687. The molecule has 4 saturated heterocycles. The SMILES string of the molecule is C=C(NC1CCOCC1)c1ccc(OCc2c(-c3cnc(C)c(F)c3)noc2C)nc1.Cc1ccc(-c2noc(C3CC3)c2COc2ccc(C(=O)NC3CCOCC3)nn2)cn1.Cc1ccc(-c2noc(C3CC3)c2COc2ccc(C(=O)NC3CCOCC3)nn2)nn1.Cc1ccc(-c2noc(CF)c2COc2ccc(C(=O)NC3CCOCC3)nn2)cn1. The molecule has 4 N–H and O–H groups in total. The van der Waals surface area contributed by atoms with E-state index in [1.54, 1.807) is 75.0 Å². The number of hydrogen-bond donors (Lipinski definition) is 4. The zero-order valence-corrected chi connectivity index (χ0v) is 70.4. The number of ether oxygens (including phenoxy) is 8. The van der Waals surface area contributed by atoms with Crippen molar-refractivity contribution < 1.29 is 79.2 Å². The molecule has 37 heteroatoms. The Morgan fingerprint density at radius 2 is 0.810 bits per heavy atom. The van der Waals surface area contributed by atoms with E-state index in [9.17, 15) is 23.2 Å². The molecule has 0 bridgehead atoms. The van der Waals surface area contributed by atoms with Crippen LogP contribution in [-0.2, 0) is 52.0 Å². The van der Waals surface area contributed by atoms with Gasteiger partial charge >= 0.3 is 0 Å². The molecule has 0 spiro atoms. The second-order valence-corrected chi connectivity index (χ2v) is 31.1. The largest absolute Gasteiger partial charge is 0.473 e. The van der Waals surface area contributed by atoms with Crippen molar-refractivity contribution in [3.05, 3.63) is 219 Å². The van der Waals surface area contributed by atoms with Gasteiger partial charge in [-0.15, -0.1) is 35.7 Å². The van der Waals surface area contributed by atoms with Crippen LogP contribution in [0.3, 0.4) is 0 Å². The third-order valence-electron chi connectivity index (χ3n) is 21.6. The number of aryl methyl sites for hydroxylation is 5. The van der Waals surface area contributed by atoms with Crippen molar-refractivity contribution >= 4 is 23.4 Å². The van der Waals surface area contributed by atoms with Gasteiger partial charge in [-0.05, 0) is 178 Å². The van der Waals surface area contributed by atoms with E-state index < -0.39 is 12.5 Å². The molecule has 6 fully saturated rings. The van der Waals surface area contributed by atoms with Crippen molar-refractivity contribution in [2.24, 2.45) is 0 Å². The van der Waals surface area contributed by atoms with Gasteiger partial charge in [0.2, 0.25) is 23.5 Å². The van der Waals surface area contributed by atoms with E-state index in [0.717, 1.165) is 158 Å². The Bertz CT molecular complexity index is 5430. The van der Waals surface area contributed by atoms with Gasteiger partial charge in [-0.2, -0.15) is 5.10 Å². The molecule has 18 rings (SSSR count). The van der Waals surface area contributed by atoms with Crippen molar-refractivity contribution in [1.29, 1.82) is 0 Å². The molecule has 35 nitrogen and oxygen atoms in total. The third kappa shape index (κ3) is 23.5. The molecular weight excluding hydrogens is 1630 g/mol. The molecule has 0 unspecified atom stereocenters. The normalized spacial score (nSPS) is 15.5. The Kier molecular flexibility index (Phi) is 29.4. The lowest BCUT2D eigenvalue weighted by Crippen LogP contribution is -2.39. The van der Waals surface area contributed by atoms with E-state index >= 15 is 0 Å². The molecule has 2 saturated carbocycles. The summed E-state index contributed by atoms with van der Waals surface area (Å²) in [5, 5.41) is 61.3. The summed E-state index contributed by atoms with van der Waals surface area (Å²) in [4.78, 5) is 54.1. The average molecular weight is 1720 g/mol. The number of aromatic nitrogens is 16. The number of nitrogens with zero attached hydrogens (tertiary/aromatic N) is 16. The summed E-state index contributed by atoms with van der Waals surface area (Å²) in [6, 6.07) is 26.7. The smallest absolute Gasteiger partial charge is 0.272 e. The number of carbonyl (C=O) groups excluding carboxylic acids is 3. The minimum Gasteiger partial charge on any atom is -0.473 e. The predicted octanol–water partition coefficient (Wildman–Crippen LogP) is 12.8. The summed E-state index contributed by atoms with van der Waals surface area (Å²) in [5.74, 6) is 3.25. The number of nitrogens with one attached hydrogen (secondary N) is 4. The zero-order valence-electron chi connectivity index (χ0n) is 70.4. The molecule has 2 aliphatic carbocycles. The highest BCUT2D eigenvalue weighted by molar-refractivity contribution is 5.93. The first-order chi connectivity index (χ1) is 61.5. The van der Waals surface area contributed by atoms with Crippen molar-refractivity contribution in [3.8, 4) is 68.7 Å². The molecule has 0 aromatic carbocycles. The first kappa shape index (κ1) is 87.5. The fourth-order valence-corrected chi connectivity index (χ4v) is 13.9. The molecule has 6 aliphatic rings. The van der Waals surface area contributed by atoms with Crippen LogP contribution in [0.15, 0.2) is 140 Å². The number of pyridine rings is 4. The van der Waals surface area contributed by atoms with Crippen LogP contribution < -0.4 is 40.2 Å². The maximum absolute atomic E-state index is 13.9. The number of alkyl halides is 1. The third-order valence-corrected chi connectivity index (χ3v) is 21.6. The van der Waals surface area contributed by atoms with Crippen molar-refractivity contribution in [2.75, 3.05) is 52.9 Å². The summed E-state index contributed by atoms with van der Waals surface area (Å²) in [6.45, 7) is 18.5. The molecule has 12 aromatic rings. The standard InChI is InChI=1S/C23H25FN4O3.C23H25N5O4.C22H24N6O4.C21H22FN5O4/c1-14(27-19-6-8-29-9-7-19)17-4-5-22(26-11-17)30-13-20-16(3)31-28-23(20)18-10-21(24)15(2)25-12-18;1-14-2-3-16(12-24-14)21-18(22(32-28-21)15-4-5-15)13-31-20-7-6-19(26-27-20)23(29)25-17-8-10-30-11-9-17;1-13-2-5-17(25-24-13)20-16(21(32-28-20)14-3-4-14)12-31-19-7-6-18(26-27-19)22(29)23-15-8-10-30-11-9-15;1-13-2-3-14(11-23-13)20-16(18(10-22)31-27-20)12-30-19-5-4-17(25-26-19)21(28)24-15-6-8-29-9-7-15/h4-5,10-12,19,27H,1,6-9,13H2,2-3H3;2-3,6-7,12,15,17H,4-5,8-11,13H2,1H3,(H,25,29);2,5-7,14-15H,3-4,8-12H2,1H3,(H,23,29);2-5,11,15H,6-10,12H2,1H3,(H,24,28). The zero-order chi connectivity index (χ0) is 87.3. The maximum atomic E-state index is 13.9. The topological polar surface area (TPSA) is 432 Å². The summed E-state index contributed by atoms with van der Waals surface area (Å²) in [5.41, 5.74) is 13.4. The fraction of sp³-hybridized carbons (Fsp3) is 0.404. The molecule has 12 aromatic heterocycles. The van der Waals surface area contributed by atoms with Gasteiger partial charge in [0.1, 0.15) is 78.0 Å². The Balaban J connectivity index is 0.000000130. The summed E-state index contributed by atoms with van der Waals surface area (Å²) in [7, 11) is 0. The Hall–Kier alpha value is -13.4. The van der Waals surface area contributed by atoms with E-state index in [2.05, 4.69) is 109 Å². The van der Waals surface area contributed by atoms with E-state index in [0.29, 0.717) is 126 Å². The molecular formula is C89H96F2N20O15. The summed E-state index contributed by atoms with van der Waals surface area (Å²) >= 11 is 0. The van der Waals surface area contributed by atoms with Crippen LogP contribution in [0.25, 0.3) is 50.9 Å². The fourth-order valence-electron chi connectivity index (χ4n) is 13.9. The van der Waals surface area contributed by atoms with Crippen LogP contribution in [0.2, 0.25) is 0 Å². The highest BCUT2D eigenvalue weighted by Gasteiger charge is 2.36. The number of hydrogen-bond acceptors (Lipinski definition) is 32. The number of rotatable bonds is 28. The molecule has 3 amide bonds. The van der Waals surface area contributed by atoms with E-state index in [-0.39, 0.29) is 91.0 Å². The first-order valence-electron chi connectivity index (χ1n) is 41.9. The molecule has 126 heavy (non-hydrogen) atoms. The highest BCUT2D eigenvalue weighted by Crippen LogP contribution is 2.46. The molecule has 4 aliphatic heterocycles. The van der Waals surface area contributed by atoms with Crippen molar-refractivity contribution in [2.45, 2.75) is 181 Å². The second-order valence-electron chi connectivity index (χ2n) is 31.1. The van der Waals surface area contributed by atoms with Gasteiger partial charge in [0, 0.05) is 177 Å². The van der Waals surface area contributed by atoms with E-state index in [1.807, 2.05) is 63.2 Å². The number of amides is 3. The second kappa shape index (κ2) is 42.3. The van der Waals surface area contributed by atoms with Gasteiger partial charge in [0.25, 0.3) is 17.7 Å². The van der Waals surface area contributed by atoms with Gasteiger partial charge in [-0.1, -0.05) is 27.2 Å². The van der Waals surface area contributed by atoms with Crippen LogP contribution in [-0.4, -0.2) is 176 Å². The molecule has 0 atom stereocenters. The lowest BCUT2D eigenvalue weighted by Gasteiger charge is -2.25. The average Bonchev–Trinajstić information content (AvgIpc) is 1.63. The minimum absolute atomic E-state index is 0.0196. The molecule has 656 valence electrons. The maximum Gasteiger partial charge on any atom is 0.272 e. The van der Waals surface area contributed by atoms with Crippen LogP contribution in [0.5, 0.6) is 23.5 Å². The van der Waals surface area contributed by atoms with Gasteiger partial charge in [0.05, 0.1) is 33.6 Å². The van der Waals surface area contributed by atoms with Gasteiger partial charge in [-0.3, -0.25) is 29.3 Å². The minimum atomic E-state index is -0.817. The number of halogens is 2. The Labute approximate surface area is 723 Å². The predicted molar refractivity (Wildman–Crippen MR) is 447 cm³/mol. The first-order valence-corrected chi connectivity index (χ1v) is 41.9. The van der Waals surface area contributed by atoms with Crippen molar-refractivity contribution in [3.63, 3.8) is 0 Å². The summed E-state index contributed by atoms with van der Waals surface area (Å²) in [6.07, 6.45) is 17.7. The Morgan fingerprint density at radius 3 is 1.24 bits per heavy atom. The van der Waals surface area contributed by atoms with E-state index in [1.165, 1.54) is 12.1 Å². The van der Waals surface area contributed by atoms with Gasteiger partial charge in [-0.25, -0.2) is 13.8 Å². The molecule has 0 radical (unpaired) electrons. The van der Waals surface area contributed by atoms with Crippen LogP contribution >= 0.6 is 0 Å². The summed E-state index contributed by atoms with van der Waals surface area (Å²) < 4.78 is 93.5.